The summed E-state index contributed by atoms with van der Waals surface area (Å²) in [6, 6.07) is -0.276. The van der Waals surface area contributed by atoms with Gasteiger partial charge < -0.3 is 15.1 Å². The number of urea groups is 1. The average Bonchev–Trinajstić information content (AvgIpc) is 3.09. The van der Waals surface area contributed by atoms with Gasteiger partial charge in [0, 0.05) is 25.7 Å². The van der Waals surface area contributed by atoms with E-state index in [1.54, 1.807) is 0 Å². The van der Waals surface area contributed by atoms with Crippen LogP contribution in [-0.2, 0) is 9.84 Å². The molecule has 0 aromatic rings. The predicted octanol–water partition coefficient (Wildman–Crippen LogP) is 0.691. The third kappa shape index (κ3) is 4.13. The van der Waals surface area contributed by atoms with Crippen molar-refractivity contribution >= 4 is 15.9 Å². The lowest BCUT2D eigenvalue weighted by atomic mass is 9.96. The molecule has 0 spiro atoms. The van der Waals surface area contributed by atoms with Gasteiger partial charge in [-0.1, -0.05) is 0 Å². The summed E-state index contributed by atoms with van der Waals surface area (Å²) in [6.45, 7) is 5.23. The van der Waals surface area contributed by atoms with Gasteiger partial charge in [0.25, 0.3) is 0 Å². The number of sulfone groups is 1. The van der Waals surface area contributed by atoms with Crippen molar-refractivity contribution in [3.8, 4) is 0 Å². The molecule has 7 heteroatoms. The zero-order valence-electron chi connectivity index (χ0n) is 13.2. The van der Waals surface area contributed by atoms with Crippen LogP contribution >= 0.6 is 0 Å². The summed E-state index contributed by atoms with van der Waals surface area (Å²) in [6.07, 6.45) is 5.33. The Bertz CT molecular complexity index is 494. The smallest absolute Gasteiger partial charge is 0.317 e. The van der Waals surface area contributed by atoms with E-state index in [1.165, 1.54) is 32.5 Å². The fraction of sp³-hybridized carbons (Fsp3) is 0.933. The lowest BCUT2D eigenvalue weighted by Gasteiger charge is -2.34. The van der Waals surface area contributed by atoms with Gasteiger partial charge in [0.2, 0.25) is 0 Å². The molecule has 22 heavy (non-hydrogen) atoms. The van der Waals surface area contributed by atoms with E-state index in [2.05, 4.69) is 10.2 Å². The highest BCUT2D eigenvalue weighted by atomic mass is 32.2. The Kier molecular flexibility index (Phi) is 4.92. The third-order valence-corrected chi connectivity index (χ3v) is 6.94. The van der Waals surface area contributed by atoms with Crippen LogP contribution in [-0.4, -0.2) is 74.5 Å². The Balaban J connectivity index is 1.40. The first-order valence-corrected chi connectivity index (χ1v) is 10.3. The highest BCUT2D eigenvalue weighted by Gasteiger charge is 2.31. The standard InChI is InChI=1S/C15H27N3O3S/c19-15(16-14-5-10-22(20,21)12-14)18-8-3-13(4-9-18)11-17-6-1-2-7-17/h13-14H,1-12H2,(H,16,19). The van der Waals surface area contributed by atoms with E-state index < -0.39 is 9.84 Å². The van der Waals surface area contributed by atoms with Crippen LogP contribution in [0.5, 0.6) is 0 Å². The molecule has 3 aliphatic heterocycles. The molecule has 0 radical (unpaired) electrons. The number of nitrogens with one attached hydrogen (secondary N) is 1. The van der Waals surface area contributed by atoms with Gasteiger partial charge in [-0.2, -0.15) is 0 Å². The van der Waals surface area contributed by atoms with E-state index in [4.69, 9.17) is 0 Å². The van der Waals surface area contributed by atoms with Gasteiger partial charge in [0.15, 0.2) is 9.84 Å². The van der Waals surface area contributed by atoms with Crippen LogP contribution in [0, 0.1) is 5.92 Å². The number of nitrogens with zero attached hydrogens (tertiary/aromatic N) is 2. The maximum Gasteiger partial charge on any atom is 0.317 e. The molecule has 0 aromatic heterocycles. The van der Waals surface area contributed by atoms with Gasteiger partial charge in [-0.25, -0.2) is 13.2 Å². The Morgan fingerprint density at radius 1 is 1.05 bits per heavy atom. The van der Waals surface area contributed by atoms with Crippen LogP contribution in [0.4, 0.5) is 4.79 Å². The first-order chi connectivity index (χ1) is 10.5. The summed E-state index contributed by atoms with van der Waals surface area (Å²) < 4.78 is 22.9. The maximum absolute atomic E-state index is 12.2. The lowest BCUT2D eigenvalue weighted by Crippen LogP contribution is -2.49. The zero-order chi connectivity index (χ0) is 15.6. The molecule has 0 saturated carbocycles. The van der Waals surface area contributed by atoms with Gasteiger partial charge in [-0.05, 0) is 51.1 Å². The molecule has 6 nitrogen and oxygen atoms in total. The Labute approximate surface area is 133 Å². The number of carbonyl (C=O) groups is 1. The van der Waals surface area contributed by atoms with Gasteiger partial charge in [-0.15, -0.1) is 0 Å². The Hall–Kier alpha value is -0.820. The number of piperidine rings is 1. The fourth-order valence-corrected chi connectivity index (χ4v) is 5.50. The topological polar surface area (TPSA) is 69.7 Å². The molecular formula is C15H27N3O3S. The van der Waals surface area contributed by atoms with Crippen LogP contribution in [0.15, 0.2) is 0 Å². The van der Waals surface area contributed by atoms with Gasteiger partial charge in [0.1, 0.15) is 0 Å². The molecule has 3 aliphatic rings. The molecule has 126 valence electrons. The van der Waals surface area contributed by atoms with E-state index >= 15 is 0 Å². The summed E-state index contributed by atoms with van der Waals surface area (Å²) in [7, 11) is -2.93. The summed E-state index contributed by atoms with van der Waals surface area (Å²) in [5.74, 6) is 1.01. The summed E-state index contributed by atoms with van der Waals surface area (Å²) in [5, 5.41) is 2.89. The minimum atomic E-state index is -2.93. The molecule has 3 fully saturated rings. The number of carbonyl (C=O) groups excluding carboxylic acids is 1. The highest BCUT2D eigenvalue weighted by Crippen LogP contribution is 2.21. The number of hydrogen-bond acceptors (Lipinski definition) is 4. The maximum atomic E-state index is 12.2. The Morgan fingerprint density at radius 3 is 2.32 bits per heavy atom. The highest BCUT2D eigenvalue weighted by molar-refractivity contribution is 7.91. The second kappa shape index (κ2) is 6.74. The van der Waals surface area contributed by atoms with E-state index in [0.717, 1.165) is 25.9 Å². The molecule has 0 bridgehead atoms. The number of hydrogen-bond donors (Lipinski definition) is 1. The normalized spacial score (nSPS) is 29.8. The second-order valence-electron chi connectivity index (χ2n) is 6.99. The van der Waals surface area contributed by atoms with Gasteiger partial charge >= 0.3 is 6.03 Å². The van der Waals surface area contributed by atoms with Crippen molar-refractivity contribution < 1.29 is 13.2 Å². The van der Waals surface area contributed by atoms with Gasteiger partial charge in [0.05, 0.1) is 11.5 Å². The molecule has 3 heterocycles. The molecule has 0 aromatic carbocycles. The third-order valence-electron chi connectivity index (χ3n) is 5.18. The quantitative estimate of drug-likeness (QED) is 0.827. The van der Waals surface area contributed by atoms with Crippen molar-refractivity contribution in [2.24, 2.45) is 5.92 Å². The second-order valence-corrected chi connectivity index (χ2v) is 9.22. The first-order valence-electron chi connectivity index (χ1n) is 8.50. The predicted molar refractivity (Wildman–Crippen MR) is 85.6 cm³/mol. The van der Waals surface area contributed by atoms with Crippen molar-refractivity contribution in [2.45, 2.75) is 38.1 Å². The molecule has 1 N–H and O–H groups in total. The fourth-order valence-electron chi connectivity index (χ4n) is 3.82. The largest absolute Gasteiger partial charge is 0.334 e. The summed E-state index contributed by atoms with van der Waals surface area (Å²) in [4.78, 5) is 16.6. The molecular weight excluding hydrogens is 302 g/mol. The SMILES string of the molecule is O=C(NC1CCS(=O)(=O)C1)N1CCC(CN2CCCC2)CC1. The van der Waals surface area contributed by atoms with Gasteiger partial charge in [-0.3, -0.25) is 0 Å². The molecule has 2 amide bonds. The molecule has 1 atom stereocenters. The summed E-state index contributed by atoms with van der Waals surface area (Å²) >= 11 is 0. The van der Waals surface area contributed by atoms with E-state index in [0.29, 0.717) is 12.3 Å². The zero-order valence-corrected chi connectivity index (χ0v) is 14.0. The first kappa shape index (κ1) is 16.1. The van der Waals surface area contributed by atoms with E-state index in [1.807, 2.05) is 4.90 Å². The Morgan fingerprint density at radius 2 is 1.73 bits per heavy atom. The van der Waals surface area contributed by atoms with Crippen LogP contribution in [0.3, 0.4) is 0 Å². The molecule has 1 unspecified atom stereocenters. The molecule has 3 rings (SSSR count). The minimum Gasteiger partial charge on any atom is -0.334 e. The lowest BCUT2D eigenvalue weighted by molar-refractivity contribution is 0.152. The van der Waals surface area contributed by atoms with Crippen LogP contribution in [0.25, 0.3) is 0 Å². The van der Waals surface area contributed by atoms with Crippen LogP contribution < -0.4 is 5.32 Å². The van der Waals surface area contributed by atoms with Crippen LogP contribution in [0.1, 0.15) is 32.1 Å². The minimum absolute atomic E-state index is 0.0817. The number of likely N-dealkylation sites (tertiary alicyclic amines) is 2. The summed E-state index contributed by atoms with van der Waals surface area (Å²) in [5.41, 5.74) is 0. The number of amides is 2. The van der Waals surface area contributed by atoms with Crippen molar-refractivity contribution in [1.82, 2.24) is 15.1 Å². The van der Waals surface area contributed by atoms with E-state index in [-0.39, 0.29) is 23.6 Å². The molecule has 0 aliphatic carbocycles. The number of rotatable bonds is 3. The van der Waals surface area contributed by atoms with Crippen molar-refractivity contribution in [3.05, 3.63) is 0 Å². The van der Waals surface area contributed by atoms with Crippen molar-refractivity contribution in [2.75, 3.05) is 44.2 Å². The van der Waals surface area contributed by atoms with E-state index in [9.17, 15) is 13.2 Å². The molecule has 3 saturated heterocycles. The monoisotopic (exact) mass is 329 g/mol. The van der Waals surface area contributed by atoms with Crippen LogP contribution in [0.2, 0.25) is 0 Å². The van der Waals surface area contributed by atoms with Crippen molar-refractivity contribution in [3.63, 3.8) is 0 Å². The average molecular weight is 329 g/mol. The van der Waals surface area contributed by atoms with Crippen molar-refractivity contribution in [1.29, 1.82) is 0 Å².